The molecule has 5 rings (SSSR count). The van der Waals surface area contributed by atoms with E-state index in [1.54, 1.807) is 36.8 Å². The van der Waals surface area contributed by atoms with Crippen molar-refractivity contribution in [1.29, 1.82) is 0 Å². The van der Waals surface area contributed by atoms with Crippen LogP contribution in [0, 0.1) is 5.82 Å². The van der Waals surface area contributed by atoms with Crippen LogP contribution in [-0.2, 0) is 24.9 Å². The molecule has 4 aromatic rings. The fourth-order valence-corrected chi connectivity index (χ4v) is 5.48. The number of anilines is 1. The summed E-state index contributed by atoms with van der Waals surface area (Å²) in [5.41, 5.74) is 3.00. The molecule has 0 aliphatic heterocycles. The van der Waals surface area contributed by atoms with E-state index >= 15 is 0 Å². The van der Waals surface area contributed by atoms with Crippen molar-refractivity contribution in [2.75, 3.05) is 25.6 Å². The third-order valence-corrected chi connectivity index (χ3v) is 7.73. The standard InChI is InChI=1S/C29H30F2N6O3S/c1-37-22(15-32-11-12-39-2)16-34-28(37)26-14-24-27(41-26)18(9-10-33-24)17-40-25-8-7-21(13-23(25)31)36-29(38)35-20-5-3-19(30)4-6-20/h3-5,7-10,13-14,16,20,32H,6,11-12,15,17H2,1-2H3,(H2,35,36,38). The van der Waals surface area contributed by atoms with Crippen molar-refractivity contribution in [3.63, 3.8) is 0 Å². The molecule has 2 amide bonds. The van der Waals surface area contributed by atoms with Crippen LogP contribution in [-0.4, -0.2) is 46.9 Å². The summed E-state index contributed by atoms with van der Waals surface area (Å²) in [6, 6.07) is 7.22. The number of nitrogens with one attached hydrogen (secondary N) is 3. The summed E-state index contributed by atoms with van der Waals surface area (Å²) in [7, 11) is 3.65. The maximum absolute atomic E-state index is 14.8. The fourth-order valence-electron chi connectivity index (χ4n) is 4.33. The summed E-state index contributed by atoms with van der Waals surface area (Å²) < 4.78 is 41.8. The molecule has 41 heavy (non-hydrogen) atoms. The maximum Gasteiger partial charge on any atom is 0.319 e. The van der Waals surface area contributed by atoms with Crippen LogP contribution in [0.1, 0.15) is 17.7 Å². The molecule has 0 saturated carbocycles. The molecular formula is C29H30F2N6O3S. The average Bonchev–Trinajstić information content (AvgIpc) is 3.55. The lowest BCUT2D eigenvalue weighted by Gasteiger charge is -2.16. The van der Waals surface area contributed by atoms with Gasteiger partial charge >= 0.3 is 6.03 Å². The van der Waals surface area contributed by atoms with Crippen LogP contribution < -0.4 is 20.7 Å². The van der Waals surface area contributed by atoms with Crippen molar-refractivity contribution in [2.24, 2.45) is 7.05 Å². The van der Waals surface area contributed by atoms with Crippen molar-refractivity contribution in [1.82, 2.24) is 25.2 Å². The molecule has 214 valence electrons. The third-order valence-electron chi connectivity index (χ3n) is 6.53. The highest BCUT2D eigenvalue weighted by molar-refractivity contribution is 7.22. The minimum atomic E-state index is -0.609. The molecule has 0 spiro atoms. The SMILES string of the molecule is COCCNCc1cnc(-c2cc3nccc(COc4ccc(NC(=O)NC5C=CC(F)=CC5)cc4F)c3s2)n1C. The van der Waals surface area contributed by atoms with Gasteiger partial charge in [0, 0.05) is 50.8 Å². The van der Waals surface area contributed by atoms with Gasteiger partial charge in [-0.3, -0.25) is 4.98 Å². The number of hydrogen-bond acceptors (Lipinski definition) is 7. The van der Waals surface area contributed by atoms with Gasteiger partial charge in [0.15, 0.2) is 11.6 Å². The first kappa shape index (κ1) is 28.4. The molecule has 1 unspecified atom stereocenters. The molecule has 0 radical (unpaired) electrons. The van der Waals surface area contributed by atoms with Crippen molar-refractivity contribution in [3.05, 3.63) is 83.9 Å². The van der Waals surface area contributed by atoms with Crippen molar-refractivity contribution in [3.8, 4) is 16.5 Å². The number of carbonyl (C=O) groups excluding carboxylic acids is 1. The normalized spacial score (nSPS) is 14.7. The molecular weight excluding hydrogens is 550 g/mol. The molecule has 0 saturated heterocycles. The summed E-state index contributed by atoms with van der Waals surface area (Å²) in [5.74, 6) is -0.0483. The number of hydrogen-bond donors (Lipinski definition) is 3. The molecule has 0 fully saturated rings. The monoisotopic (exact) mass is 580 g/mol. The number of pyridine rings is 1. The number of thiophene rings is 1. The van der Waals surface area contributed by atoms with Gasteiger partial charge in [-0.25, -0.2) is 18.6 Å². The van der Waals surface area contributed by atoms with E-state index in [4.69, 9.17) is 9.47 Å². The van der Waals surface area contributed by atoms with Crippen molar-refractivity contribution < 1.29 is 23.0 Å². The number of halogens is 2. The molecule has 9 nitrogen and oxygen atoms in total. The molecule has 3 N–H and O–H groups in total. The van der Waals surface area contributed by atoms with Crippen LogP contribution in [0.3, 0.4) is 0 Å². The quantitative estimate of drug-likeness (QED) is 0.204. The predicted octanol–water partition coefficient (Wildman–Crippen LogP) is 5.45. The number of amides is 2. The highest BCUT2D eigenvalue weighted by Crippen LogP contribution is 2.34. The Morgan fingerprint density at radius 2 is 2.10 bits per heavy atom. The highest BCUT2D eigenvalue weighted by atomic mass is 32.1. The van der Waals surface area contributed by atoms with E-state index in [1.807, 2.05) is 25.4 Å². The first-order valence-corrected chi connectivity index (χ1v) is 13.8. The summed E-state index contributed by atoms with van der Waals surface area (Å²) in [4.78, 5) is 22.3. The Morgan fingerprint density at radius 3 is 2.88 bits per heavy atom. The van der Waals surface area contributed by atoms with Crippen LogP contribution in [0.15, 0.2) is 66.8 Å². The molecule has 12 heteroatoms. The average molecular weight is 581 g/mol. The Hall–Kier alpha value is -4.13. The third kappa shape index (κ3) is 6.96. The fraction of sp³-hybridized carbons (Fsp3) is 0.276. The predicted molar refractivity (Wildman–Crippen MR) is 155 cm³/mol. The number of aromatic nitrogens is 3. The number of allylic oxidation sites excluding steroid dienone is 2. The lowest BCUT2D eigenvalue weighted by molar-refractivity contribution is 0.199. The topological polar surface area (TPSA) is 102 Å². The first-order valence-electron chi connectivity index (χ1n) is 13.0. The Labute approximate surface area is 239 Å². The van der Waals surface area contributed by atoms with Crippen LogP contribution in [0.4, 0.5) is 19.3 Å². The van der Waals surface area contributed by atoms with Gasteiger partial charge in [-0.15, -0.1) is 11.3 Å². The summed E-state index contributed by atoms with van der Waals surface area (Å²) in [6.07, 6.45) is 8.16. The van der Waals surface area contributed by atoms with Gasteiger partial charge in [-0.2, -0.15) is 0 Å². The van der Waals surface area contributed by atoms with Crippen molar-refractivity contribution in [2.45, 2.75) is 25.6 Å². The van der Waals surface area contributed by atoms with E-state index in [0.717, 1.165) is 38.7 Å². The van der Waals surface area contributed by atoms with Gasteiger partial charge in [-0.1, -0.05) is 6.08 Å². The van der Waals surface area contributed by atoms with Gasteiger partial charge < -0.3 is 30.0 Å². The van der Waals surface area contributed by atoms with Crippen molar-refractivity contribution >= 4 is 33.3 Å². The lowest BCUT2D eigenvalue weighted by Crippen LogP contribution is -2.37. The number of benzene rings is 1. The Morgan fingerprint density at radius 1 is 1.22 bits per heavy atom. The van der Waals surface area contributed by atoms with E-state index < -0.39 is 11.8 Å². The van der Waals surface area contributed by atoms with E-state index in [0.29, 0.717) is 19.6 Å². The maximum atomic E-state index is 14.8. The zero-order chi connectivity index (χ0) is 28.8. The Bertz CT molecular complexity index is 1600. The molecule has 3 heterocycles. The zero-order valence-electron chi connectivity index (χ0n) is 22.6. The molecule has 3 aromatic heterocycles. The second-order valence-corrected chi connectivity index (χ2v) is 10.5. The Balaban J connectivity index is 1.22. The number of nitrogens with zero attached hydrogens (tertiary/aromatic N) is 3. The smallest absolute Gasteiger partial charge is 0.319 e. The van der Waals surface area contributed by atoms with Gasteiger partial charge in [-0.05, 0) is 42.8 Å². The van der Waals surface area contributed by atoms with Gasteiger partial charge in [0.2, 0.25) is 0 Å². The Kier molecular flexibility index (Phi) is 9.02. The number of carbonyl (C=O) groups is 1. The molecule has 0 bridgehead atoms. The molecule has 1 aliphatic carbocycles. The number of methoxy groups -OCH3 is 1. The minimum Gasteiger partial charge on any atom is -0.486 e. The van der Waals surface area contributed by atoms with E-state index in [-0.39, 0.29) is 29.9 Å². The highest BCUT2D eigenvalue weighted by Gasteiger charge is 2.16. The number of fused-ring (bicyclic) bond motifs is 1. The lowest BCUT2D eigenvalue weighted by atomic mass is 10.1. The van der Waals surface area contributed by atoms with Crippen LogP contribution in [0.25, 0.3) is 20.9 Å². The van der Waals surface area contributed by atoms with E-state index in [9.17, 15) is 13.6 Å². The largest absolute Gasteiger partial charge is 0.486 e. The van der Waals surface area contributed by atoms with E-state index in [1.165, 1.54) is 24.3 Å². The molecule has 1 atom stereocenters. The molecule has 1 aromatic carbocycles. The summed E-state index contributed by atoms with van der Waals surface area (Å²) in [6.45, 7) is 2.20. The first-order chi connectivity index (χ1) is 19.9. The molecule has 1 aliphatic rings. The van der Waals surface area contributed by atoms with Gasteiger partial charge in [0.05, 0.1) is 39.6 Å². The minimum absolute atomic E-state index is 0.0586. The van der Waals surface area contributed by atoms with Gasteiger partial charge in [0.1, 0.15) is 18.3 Å². The van der Waals surface area contributed by atoms with Crippen LogP contribution in [0.5, 0.6) is 5.75 Å². The number of ether oxygens (including phenoxy) is 2. The van der Waals surface area contributed by atoms with Gasteiger partial charge in [0.25, 0.3) is 0 Å². The number of urea groups is 1. The van der Waals surface area contributed by atoms with Crippen LogP contribution in [0.2, 0.25) is 0 Å². The van der Waals surface area contributed by atoms with Crippen LogP contribution >= 0.6 is 11.3 Å². The van der Waals surface area contributed by atoms with E-state index in [2.05, 4.69) is 30.5 Å². The summed E-state index contributed by atoms with van der Waals surface area (Å²) in [5, 5.41) is 8.62. The number of rotatable bonds is 11. The summed E-state index contributed by atoms with van der Waals surface area (Å²) >= 11 is 1.56. The second-order valence-electron chi connectivity index (χ2n) is 9.42. The zero-order valence-corrected chi connectivity index (χ0v) is 23.4. The number of imidazole rings is 1. The second kappa shape index (κ2) is 13.0.